The average Bonchev–Trinajstić information content (AvgIpc) is 2.57. The third-order valence-electron chi connectivity index (χ3n) is 4.12. The largest absolute Gasteiger partial charge is 0.464 e. The highest BCUT2D eigenvalue weighted by Crippen LogP contribution is 2.14. The van der Waals surface area contributed by atoms with Crippen LogP contribution in [0.15, 0.2) is 0 Å². The first-order valence-corrected chi connectivity index (χ1v) is 10.1. The molecule has 0 aliphatic rings. The van der Waals surface area contributed by atoms with Crippen molar-refractivity contribution in [3.63, 3.8) is 0 Å². The van der Waals surface area contributed by atoms with Gasteiger partial charge in [0.2, 0.25) is 0 Å². The van der Waals surface area contributed by atoms with E-state index in [1.165, 1.54) is 43.4 Å². The van der Waals surface area contributed by atoms with Crippen molar-refractivity contribution >= 4 is 23.7 Å². The van der Waals surface area contributed by atoms with E-state index in [1.54, 1.807) is 7.05 Å². The lowest BCUT2D eigenvalue weighted by atomic mass is 10.0. The standard InChI is InChI=1S/C19H36ClNO4/c1-5-6-7-8-9-10-11-12-14-24-18(22)17(16(2)3)21(4)19(23)25-15-13-20/h16-17H,5-15H2,1-4H3. The summed E-state index contributed by atoms with van der Waals surface area (Å²) in [6.45, 7) is 6.51. The number of likely N-dealkylation sites (N-methyl/N-ethyl adjacent to an activating group) is 1. The number of unbranched alkanes of at least 4 members (excludes halogenated alkanes) is 7. The summed E-state index contributed by atoms with van der Waals surface area (Å²) in [6.07, 6.45) is 8.99. The summed E-state index contributed by atoms with van der Waals surface area (Å²) < 4.78 is 10.4. The number of hydrogen-bond donors (Lipinski definition) is 0. The minimum atomic E-state index is -0.642. The van der Waals surface area contributed by atoms with Gasteiger partial charge in [0.05, 0.1) is 12.5 Å². The Balaban J connectivity index is 4.07. The molecule has 0 fully saturated rings. The molecule has 148 valence electrons. The van der Waals surface area contributed by atoms with Crippen molar-refractivity contribution in [2.45, 2.75) is 78.2 Å². The van der Waals surface area contributed by atoms with Crippen molar-refractivity contribution in [1.82, 2.24) is 4.90 Å². The summed E-state index contributed by atoms with van der Waals surface area (Å²) in [6, 6.07) is -0.642. The molecule has 0 spiro atoms. The number of carbonyl (C=O) groups excluding carboxylic acids is 2. The van der Waals surface area contributed by atoms with Crippen molar-refractivity contribution in [2.75, 3.05) is 26.1 Å². The fraction of sp³-hybridized carbons (Fsp3) is 0.895. The second kappa shape index (κ2) is 15.3. The lowest BCUT2D eigenvalue weighted by molar-refractivity contribution is -0.150. The van der Waals surface area contributed by atoms with Crippen LogP contribution in [0.3, 0.4) is 0 Å². The Morgan fingerprint density at radius 1 is 0.920 bits per heavy atom. The van der Waals surface area contributed by atoms with E-state index in [2.05, 4.69) is 6.92 Å². The van der Waals surface area contributed by atoms with Gasteiger partial charge >= 0.3 is 12.1 Å². The lowest BCUT2D eigenvalue weighted by Gasteiger charge is -2.28. The fourth-order valence-corrected chi connectivity index (χ4v) is 2.79. The molecule has 0 saturated heterocycles. The molecule has 5 nitrogen and oxygen atoms in total. The van der Waals surface area contributed by atoms with Gasteiger partial charge in [0, 0.05) is 7.05 Å². The third kappa shape index (κ3) is 11.3. The molecule has 0 aromatic heterocycles. The number of esters is 1. The Morgan fingerprint density at radius 2 is 1.48 bits per heavy atom. The van der Waals surface area contributed by atoms with E-state index in [9.17, 15) is 9.59 Å². The molecule has 25 heavy (non-hydrogen) atoms. The normalized spacial score (nSPS) is 12.1. The van der Waals surface area contributed by atoms with Crippen molar-refractivity contribution in [1.29, 1.82) is 0 Å². The van der Waals surface area contributed by atoms with Crippen LogP contribution in [-0.4, -0.2) is 49.1 Å². The molecule has 0 aliphatic heterocycles. The fourth-order valence-electron chi connectivity index (χ4n) is 2.71. The highest BCUT2D eigenvalue weighted by molar-refractivity contribution is 6.18. The number of hydrogen-bond acceptors (Lipinski definition) is 4. The highest BCUT2D eigenvalue weighted by Gasteiger charge is 2.31. The van der Waals surface area contributed by atoms with E-state index in [0.717, 1.165) is 12.8 Å². The minimum absolute atomic E-state index is 0.0559. The predicted octanol–water partition coefficient (Wildman–Crippen LogP) is 5.00. The van der Waals surface area contributed by atoms with E-state index in [-0.39, 0.29) is 24.4 Å². The predicted molar refractivity (Wildman–Crippen MR) is 102 cm³/mol. The molecule has 6 heteroatoms. The van der Waals surface area contributed by atoms with Crippen LogP contribution in [0.5, 0.6) is 0 Å². The number of carbonyl (C=O) groups is 2. The summed E-state index contributed by atoms with van der Waals surface area (Å²) in [4.78, 5) is 25.5. The molecule has 1 atom stereocenters. The van der Waals surface area contributed by atoms with Crippen molar-refractivity contribution in [3.05, 3.63) is 0 Å². The zero-order chi connectivity index (χ0) is 19.1. The van der Waals surface area contributed by atoms with Gasteiger partial charge in [-0.2, -0.15) is 0 Å². The van der Waals surface area contributed by atoms with Crippen LogP contribution in [0.25, 0.3) is 0 Å². The summed E-state index contributed by atoms with van der Waals surface area (Å²) in [5.41, 5.74) is 0. The Hall–Kier alpha value is -0.970. The molecule has 0 aromatic rings. The van der Waals surface area contributed by atoms with Crippen LogP contribution < -0.4 is 0 Å². The Morgan fingerprint density at radius 3 is 2.00 bits per heavy atom. The summed E-state index contributed by atoms with van der Waals surface area (Å²) in [5, 5.41) is 0. The number of rotatable bonds is 14. The van der Waals surface area contributed by atoms with Gasteiger partial charge in [-0.25, -0.2) is 9.59 Å². The molecule has 0 aliphatic carbocycles. The van der Waals surface area contributed by atoms with Crippen LogP contribution >= 0.6 is 11.6 Å². The van der Waals surface area contributed by atoms with Gasteiger partial charge in [0.25, 0.3) is 0 Å². The van der Waals surface area contributed by atoms with E-state index in [0.29, 0.717) is 6.61 Å². The molecule has 1 amide bonds. The molecule has 0 radical (unpaired) electrons. The Kier molecular flexibility index (Phi) is 14.7. The molecule has 0 bridgehead atoms. The van der Waals surface area contributed by atoms with Crippen LogP contribution in [0, 0.1) is 5.92 Å². The molecule has 0 aromatic carbocycles. The van der Waals surface area contributed by atoms with Crippen molar-refractivity contribution < 1.29 is 19.1 Å². The topological polar surface area (TPSA) is 55.8 Å². The highest BCUT2D eigenvalue weighted by atomic mass is 35.5. The van der Waals surface area contributed by atoms with Crippen LogP contribution in [0.2, 0.25) is 0 Å². The maximum absolute atomic E-state index is 12.3. The number of alkyl halides is 1. The lowest BCUT2D eigenvalue weighted by Crippen LogP contribution is -2.47. The van der Waals surface area contributed by atoms with Crippen molar-refractivity contribution in [3.8, 4) is 0 Å². The minimum Gasteiger partial charge on any atom is -0.464 e. The van der Waals surface area contributed by atoms with Gasteiger partial charge in [0.15, 0.2) is 0 Å². The van der Waals surface area contributed by atoms with Crippen LogP contribution in [0.1, 0.15) is 72.1 Å². The Labute approximate surface area is 158 Å². The first-order valence-electron chi connectivity index (χ1n) is 9.57. The monoisotopic (exact) mass is 377 g/mol. The average molecular weight is 378 g/mol. The van der Waals surface area contributed by atoms with Gasteiger partial charge in [-0.3, -0.25) is 4.90 Å². The SMILES string of the molecule is CCCCCCCCCCOC(=O)C(C(C)C)N(C)C(=O)OCCCl. The second-order valence-corrected chi connectivity index (χ2v) is 7.12. The molecule has 0 N–H and O–H groups in total. The quantitative estimate of drug-likeness (QED) is 0.243. The number of halogens is 1. The first kappa shape index (κ1) is 24.0. The zero-order valence-electron chi connectivity index (χ0n) is 16.4. The van der Waals surface area contributed by atoms with Gasteiger partial charge in [0.1, 0.15) is 12.6 Å². The van der Waals surface area contributed by atoms with Crippen LogP contribution in [-0.2, 0) is 14.3 Å². The zero-order valence-corrected chi connectivity index (χ0v) is 17.1. The van der Waals surface area contributed by atoms with Gasteiger partial charge in [-0.05, 0) is 12.3 Å². The summed E-state index contributed by atoms with van der Waals surface area (Å²) in [7, 11) is 1.55. The third-order valence-corrected chi connectivity index (χ3v) is 4.28. The van der Waals surface area contributed by atoms with Gasteiger partial charge in [-0.15, -0.1) is 11.6 Å². The maximum Gasteiger partial charge on any atom is 0.410 e. The number of amides is 1. The molecular weight excluding hydrogens is 342 g/mol. The van der Waals surface area contributed by atoms with E-state index >= 15 is 0 Å². The smallest absolute Gasteiger partial charge is 0.410 e. The van der Waals surface area contributed by atoms with Gasteiger partial charge < -0.3 is 9.47 Å². The number of nitrogens with zero attached hydrogens (tertiary/aromatic N) is 1. The molecule has 0 rings (SSSR count). The molecule has 0 heterocycles. The molecule has 0 saturated carbocycles. The van der Waals surface area contributed by atoms with Crippen molar-refractivity contribution in [2.24, 2.45) is 5.92 Å². The summed E-state index contributed by atoms with van der Waals surface area (Å²) >= 11 is 5.51. The van der Waals surface area contributed by atoms with E-state index in [1.807, 2.05) is 13.8 Å². The second-order valence-electron chi connectivity index (χ2n) is 6.75. The first-order chi connectivity index (χ1) is 12.0. The van der Waals surface area contributed by atoms with Gasteiger partial charge in [-0.1, -0.05) is 65.7 Å². The number of ether oxygens (including phenoxy) is 2. The maximum atomic E-state index is 12.3. The van der Waals surface area contributed by atoms with E-state index < -0.39 is 12.1 Å². The Bertz CT molecular complexity index is 363. The van der Waals surface area contributed by atoms with Crippen LogP contribution in [0.4, 0.5) is 4.79 Å². The summed E-state index contributed by atoms with van der Waals surface area (Å²) in [5.74, 6) is -0.197. The molecular formula is C19H36ClNO4. The van der Waals surface area contributed by atoms with E-state index in [4.69, 9.17) is 21.1 Å². The molecule has 1 unspecified atom stereocenters.